The molecule has 0 fully saturated rings. The number of ketones is 1. The molecule has 1 aliphatic heterocycles. The lowest BCUT2D eigenvalue weighted by Crippen LogP contribution is -1.97. The van der Waals surface area contributed by atoms with E-state index >= 15 is 0 Å². The zero-order valence-corrected chi connectivity index (χ0v) is 10.7. The van der Waals surface area contributed by atoms with E-state index in [-0.39, 0.29) is 28.6 Å². The fraction of sp³-hybridized carbons (Fsp3) is 0.133. The molecule has 0 amide bonds. The summed E-state index contributed by atoms with van der Waals surface area (Å²) in [7, 11) is 0. The molecule has 1 aromatic heterocycles. The van der Waals surface area contributed by atoms with Crippen LogP contribution in [-0.2, 0) is 6.42 Å². The molecular formula is C15H12O5. The van der Waals surface area contributed by atoms with Crippen molar-refractivity contribution in [1.82, 2.24) is 0 Å². The quantitative estimate of drug-likeness (QED) is 0.649. The van der Waals surface area contributed by atoms with Gasteiger partial charge in [-0.15, -0.1) is 0 Å². The molecule has 0 saturated heterocycles. The number of allylic oxidation sites excluding steroid dienone is 1. The van der Waals surface area contributed by atoms with Crippen molar-refractivity contribution in [3.63, 3.8) is 0 Å². The van der Waals surface area contributed by atoms with Gasteiger partial charge in [0, 0.05) is 12.5 Å². The number of aryl methyl sites for hydroxylation is 1. The number of carbonyl (C=O) groups excluding carboxylic acids is 1. The van der Waals surface area contributed by atoms with Crippen LogP contribution >= 0.6 is 0 Å². The van der Waals surface area contributed by atoms with Crippen LogP contribution in [-0.4, -0.2) is 16.0 Å². The molecule has 0 saturated carbocycles. The van der Waals surface area contributed by atoms with Crippen molar-refractivity contribution in [3.8, 4) is 17.2 Å². The van der Waals surface area contributed by atoms with E-state index in [1.165, 1.54) is 18.2 Å². The lowest BCUT2D eigenvalue weighted by atomic mass is 10.1. The molecule has 20 heavy (non-hydrogen) atoms. The molecule has 102 valence electrons. The van der Waals surface area contributed by atoms with Gasteiger partial charge in [-0.2, -0.15) is 0 Å². The Labute approximate surface area is 114 Å². The van der Waals surface area contributed by atoms with Crippen molar-refractivity contribution in [2.45, 2.75) is 13.3 Å². The second-order valence-electron chi connectivity index (χ2n) is 4.41. The molecule has 2 N–H and O–H groups in total. The largest absolute Gasteiger partial charge is 0.504 e. The van der Waals surface area contributed by atoms with Crippen LogP contribution in [0.5, 0.6) is 17.2 Å². The predicted octanol–water partition coefficient (Wildman–Crippen LogP) is 2.87. The summed E-state index contributed by atoms with van der Waals surface area (Å²) in [5, 5.41) is 19.1. The summed E-state index contributed by atoms with van der Waals surface area (Å²) >= 11 is 0. The van der Waals surface area contributed by atoms with Gasteiger partial charge in [-0.25, -0.2) is 0 Å². The maximum Gasteiger partial charge on any atom is 0.232 e. The molecular weight excluding hydrogens is 260 g/mol. The van der Waals surface area contributed by atoms with Gasteiger partial charge >= 0.3 is 0 Å². The van der Waals surface area contributed by atoms with Crippen LogP contribution < -0.4 is 4.74 Å². The number of hydrogen-bond donors (Lipinski definition) is 2. The average Bonchev–Trinajstić information content (AvgIpc) is 3.01. The van der Waals surface area contributed by atoms with E-state index in [4.69, 9.17) is 9.15 Å². The maximum absolute atomic E-state index is 12.1. The van der Waals surface area contributed by atoms with Crippen molar-refractivity contribution >= 4 is 11.9 Å². The van der Waals surface area contributed by atoms with Crippen LogP contribution in [0.2, 0.25) is 0 Å². The Bertz CT molecular complexity index is 724. The Morgan fingerprint density at radius 1 is 1.20 bits per heavy atom. The van der Waals surface area contributed by atoms with E-state index in [9.17, 15) is 15.0 Å². The van der Waals surface area contributed by atoms with Crippen molar-refractivity contribution in [2.75, 3.05) is 0 Å². The molecule has 1 aromatic carbocycles. The second-order valence-corrected chi connectivity index (χ2v) is 4.41. The summed E-state index contributed by atoms with van der Waals surface area (Å²) < 4.78 is 10.8. The van der Waals surface area contributed by atoms with Crippen LogP contribution in [0.25, 0.3) is 6.08 Å². The standard InChI is InChI=1S/C15H12O5/c1-2-8-3-4-9(19-8)7-12-13(17)10-5-6-11(16)14(18)15(10)20-12/h3-7,16,18H,2H2,1H3. The van der Waals surface area contributed by atoms with E-state index < -0.39 is 5.75 Å². The SMILES string of the molecule is CCc1ccc(C=C2Oc3c(ccc(O)c3O)C2=O)o1. The van der Waals surface area contributed by atoms with Gasteiger partial charge in [0.15, 0.2) is 17.3 Å². The van der Waals surface area contributed by atoms with E-state index in [0.29, 0.717) is 5.76 Å². The van der Waals surface area contributed by atoms with E-state index in [1.807, 2.05) is 13.0 Å². The Hall–Kier alpha value is -2.69. The zero-order chi connectivity index (χ0) is 14.3. The number of furan rings is 1. The van der Waals surface area contributed by atoms with Gasteiger partial charge in [0.25, 0.3) is 0 Å². The van der Waals surface area contributed by atoms with Gasteiger partial charge in [-0.1, -0.05) is 6.92 Å². The smallest absolute Gasteiger partial charge is 0.232 e. The summed E-state index contributed by atoms with van der Waals surface area (Å²) in [6.07, 6.45) is 2.23. The molecule has 2 aromatic rings. The van der Waals surface area contributed by atoms with Gasteiger partial charge in [-0.3, -0.25) is 4.79 Å². The van der Waals surface area contributed by atoms with Gasteiger partial charge in [0.2, 0.25) is 11.5 Å². The molecule has 0 unspecified atom stereocenters. The molecule has 0 spiro atoms. The highest BCUT2D eigenvalue weighted by Crippen LogP contribution is 2.44. The molecule has 0 bridgehead atoms. The highest BCUT2D eigenvalue weighted by Gasteiger charge is 2.31. The molecule has 0 aliphatic carbocycles. The van der Waals surface area contributed by atoms with E-state index in [1.54, 1.807) is 6.07 Å². The summed E-state index contributed by atoms with van der Waals surface area (Å²) in [5.41, 5.74) is 0.217. The number of hydrogen-bond acceptors (Lipinski definition) is 5. The predicted molar refractivity (Wildman–Crippen MR) is 70.8 cm³/mol. The van der Waals surface area contributed by atoms with Crippen molar-refractivity contribution in [2.24, 2.45) is 0 Å². The number of carbonyl (C=O) groups is 1. The summed E-state index contributed by atoms with van der Waals surface area (Å²) in [6, 6.07) is 6.22. The third-order valence-corrected chi connectivity index (χ3v) is 3.09. The molecule has 0 atom stereocenters. The lowest BCUT2D eigenvalue weighted by molar-refractivity contribution is 0.101. The second kappa shape index (κ2) is 4.45. The van der Waals surface area contributed by atoms with Gasteiger partial charge < -0.3 is 19.4 Å². The fourth-order valence-electron chi connectivity index (χ4n) is 2.02. The van der Waals surface area contributed by atoms with Crippen LogP contribution in [0.4, 0.5) is 0 Å². The van der Waals surface area contributed by atoms with Crippen molar-refractivity contribution in [3.05, 3.63) is 47.1 Å². The van der Waals surface area contributed by atoms with E-state index in [2.05, 4.69) is 0 Å². The number of aromatic hydroxyl groups is 2. The number of rotatable bonds is 2. The molecule has 0 radical (unpaired) electrons. The first-order chi connectivity index (χ1) is 9.60. The Morgan fingerprint density at radius 3 is 2.70 bits per heavy atom. The highest BCUT2D eigenvalue weighted by molar-refractivity contribution is 6.15. The highest BCUT2D eigenvalue weighted by atomic mass is 16.5. The number of benzene rings is 1. The number of phenols is 2. The van der Waals surface area contributed by atoms with E-state index in [0.717, 1.165) is 12.2 Å². The first-order valence-electron chi connectivity index (χ1n) is 6.18. The minimum absolute atomic E-state index is 0.0245. The van der Waals surface area contributed by atoms with Crippen LogP contribution in [0, 0.1) is 0 Å². The molecule has 5 nitrogen and oxygen atoms in total. The number of fused-ring (bicyclic) bond motifs is 1. The normalized spacial score (nSPS) is 15.4. The summed E-state index contributed by atoms with van der Waals surface area (Å²) in [4.78, 5) is 12.1. The zero-order valence-electron chi connectivity index (χ0n) is 10.7. The topological polar surface area (TPSA) is 79.9 Å². The third-order valence-electron chi connectivity index (χ3n) is 3.09. The number of Topliss-reactive ketones (excluding diaryl/α,β-unsaturated/α-hetero) is 1. The molecule has 5 heteroatoms. The first-order valence-corrected chi connectivity index (χ1v) is 6.18. The Balaban J connectivity index is 1.99. The Kier molecular flexibility index (Phi) is 2.75. The summed E-state index contributed by atoms with van der Waals surface area (Å²) in [5.74, 6) is 0.213. The van der Waals surface area contributed by atoms with Crippen molar-refractivity contribution in [1.29, 1.82) is 0 Å². The minimum Gasteiger partial charge on any atom is -0.504 e. The van der Waals surface area contributed by atoms with Crippen LogP contribution in [0.1, 0.15) is 28.8 Å². The lowest BCUT2D eigenvalue weighted by Gasteiger charge is -2.02. The molecule has 3 rings (SSSR count). The molecule has 1 aliphatic rings. The number of ether oxygens (including phenoxy) is 1. The van der Waals surface area contributed by atoms with Crippen LogP contribution in [0.15, 0.2) is 34.4 Å². The monoisotopic (exact) mass is 272 g/mol. The Morgan fingerprint density at radius 2 is 2.00 bits per heavy atom. The first kappa shape index (κ1) is 12.3. The van der Waals surface area contributed by atoms with Crippen molar-refractivity contribution < 1.29 is 24.2 Å². The average molecular weight is 272 g/mol. The maximum atomic E-state index is 12.1. The van der Waals surface area contributed by atoms with Gasteiger partial charge in [-0.05, 0) is 24.3 Å². The fourth-order valence-corrected chi connectivity index (χ4v) is 2.02. The summed E-state index contributed by atoms with van der Waals surface area (Å²) in [6.45, 7) is 1.96. The van der Waals surface area contributed by atoms with Gasteiger partial charge in [0.1, 0.15) is 11.5 Å². The minimum atomic E-state index is -0.437. The molecule has 2 heterocycles. The number of phenolic OH excluding ortho intramolecular Hbond substituents is 2. The third kappa shape index (κ3) is 1.84. The van der Waals surface area contributed by atoms with Crippen LogP contribution in [0.3, 0.4) is 0 Å². The van der Waals surface area contributed by atoms with Gasteiger partial charge in [0.05, 0.1) is 5.56 Å².